The quantitative estimate of drug-likeness (QED) is 0.738. The molecule has 0 aliphatic rings. The van der Waals surface area contributed by atoms with Crippen molar-refractivity contribution in [2.45, 2.75) is 6.92 Å². The van der Waals surface area contributed by atoms with E-state index in [0.29, 0.717) is 0 Å². The number of anilines is 1. The second kappa shape index (κ2) is 5.35. The van der Waals surface area contributed by atoms with Crippen molar-refractivity contribution in [3.63, 3.8) is 0 Å². The molecule has 0 saturated carbocycles. The fourth-order valence-electron chi connectivity index (χ4n) is 1.99. The van der Waals surface area contributed by atoms with Gasteiger partial charge < -0.3 is 5.32 Å². The lowest BCUT2D eigenvalue weighted by molar-refractivity contribution is 1.30. The molecule has 5 heteroatoms. The molecule has 0 amide bonds. The predicted octanol–water partition coefficient (Wildman–Crippen LogP) is 4.12. The summed E-state index contributed by atoms with van der Waals surface area (Å²) in [5, 5.41) is 12.6. The van der Waals surface area contributed by atoms with Crippen LogP contribution in [0.4, 0.5) is 5.69 Å². The monoisotopic (exact) mass is 292 g/mol. The van der Waals surface area contributed by atoms with E-state index >= 15 is 0 Å². The lowest BCUT2D eigenvalue weighted by Crippen LogP contribution is -1.96. The van der Waals surface area contributed by atoms with Gasteiger partial charge in [-0.25, -0.2) is 4.98 Å². The number of pyridine rings is 1. The van der Waals surface area contributed by atoms with Crippen molar-refractivity contribution in [2.24, 2.45) is 0 Å². The van der Waals surface area contributed by atoms with Gasteiger partial charge in [0.05, 0.1) is 22.1 Å². The van der Waals surface area contributed by atoms with Gasteiger partial charge in [-0.3, -0.25) is 4.98 Å². The van der Waals surface area contributed by atoms with E-state index in [2.05, 4.69) is 47.0 Å². The lowest BCUT2D eigenvalue weighted by atomic mass is 10.2. The van der Waals surface area contributed by atoms with Gasteiger partial charge >= 0.3 is 0 Å². The number of nitrogens with one attached hydrogen (secondary N) is 1. The Balaban J connectivity index is 2.00. The molecule has 4 nitrogen and oxygen atoms in total. The van der Waals surface area contributed by atoms with Crippen LogP contribution < -0.4 is 5.32 Å². The van der Waals surface area contributed by atoms with E-state index in [4.69, 9.17) is 5.26 Å². The molecule has 0 spiro atoms. The highest BCUT2D eigenvalue weighted by molar-refractivity contribution is 7.21. The molecule has 102 valence electrons. The van der Waals surface area contributed by atoms with Gasteiger partial charge in [0.2, 0.25) is 0 Å². The van der Waals surface area contributed by atoms with E-state index in [1.165, 1.54) is 5.56 Å². The number of thiazole rings is 1. The number of hydrogen-bond donors (Lipinski definition) is 1. The number of nitriles is 1. The van der Waals surface area contributed by atoms with Crippen LogP contribution in [-0.4, -0.2) is 9.97 Å². The van der Waals surface area contributed by atoms with Gasteiger partial charge in [-0.05, 0) is 30.7 Å². The summed E-state index contributed by atoms with van der Waals surface area (Å²) in [6.07, 6.45) is 3.42. The Morgan fingerprint density at radius 1 is 1.33 bits per heavy atom. The summed E-state index contributed by atoms with van der Waals surface area (Å²) in [4.78, 5) is 8.84. The second-order valence-corrected chi connectivity index (χ2v) is 5.70. The first-order chi connectivity index (χ1) is 10.2. The maximum absolute atomic E-state index is 8.76. The van der Waals surface area contributed by atoms with Crippen molar-refractivity contribution in [3.05, 3.63) is 54.5 Å². The van der Waals surface area contributed by atoms with Crippen LogP contribution in [0, 0.1) is 18.3 Å². The van der Waals surface area contributed by atoms with Gasteiger partial charge in [0.1, 0.15) is 16.8 Å². The molecule has 21 heavy (non-hydrogen) atoms. The lowest BCUT2D eigenvalue weighted by Gasteiger charge is -2.03. The second-order valence-electron chi connectivity index (χ2n) is 4.67. The number of aromatic nitrogens is 2. The minimum absolute atomic E-state index is 0.286. The normalized spacial score (nSPS) is 10.3. The first kappa shape index (κ1) is 13.3. The average Bonchev–Trinajstić information content (AvgIpc) is 2.90. The number of allylic oxidation sites excluding steroid dienone is 1. The average molecular weight is 292 g/mol. The van der Waals surface area contributed by atoms with Gasteiger partial charge in [-0.15, -0.1) is 11.3 Å². The summed E-state index contributed by atoms with van der Waals surface area (Å²) < 4.78 is 1.15. The van der Waals surface area contributed by atoms with E-state index in [-0.39, 0.29) is 5.70 Å². The van der Waals surface area contributed by atoms with E-state index in [1.807, 2.05) is 12.1 Å². The zero-order valence-corrected chi connectivity index (χ0v) is 12.2. The molecule has 2 heterocycles. The number of fused-ring (bicyclic) bond motifs is 1. The van der Waals surface area contributed by atoms with Crippen LogP contribution in [0.3, 0.4) is 0 Å². The molecular formula is C16H12N4S. The van der Waals surface area contributed by atoms with Crippen LogP contribution in [0.25, 0.3) is 20.8 Å². The Hall–Kier alpha value is -2.71. The molecule has 0 bridgehead atoms. The smallest absolute Gasteiger partial charge is 0.126 e. The number of hydrogen-bond acceptors (Lipinski definition) is 5. The molecule has 0 aliphatic carbocycles. The van der Waals surface area contributed by atoms with E-state index in [1.54, 1.807) is 23.7 Å². The minimum atomic E-state index is 0.286. The summed E-state index contributed by atoms with van der Waals surface area (Å²) in [6.45, 7) is 5.66. The third-order valence-corrected chi connectivity index (χ3v) is 4.04. The maximum atomic E-state index is 8.76. The van der Waals surface area contributed by atoms with Crippen molar-refractivity contribution in [2.75, 3.05) is 5.32 Å². The molecule has 0 radical (unpaired) electrons. The van der Waals surface area contributed by atoms with E-state index in [0.717, 1.165) is 26.5 Å². The number of benzene rings is 1. The molecule has 0 atom stereocenters. The molecule has 1 aromatic carbocycles. The Morgan fingerprint density at radius 3 is 3.00 bits per heavy atom. The molecule has 3 rings (SSSR count). The molecule has 1 N–H and O–H groups in total. The minimum Gasteiger partial charge on any atom is -0.346 e. The Kier molecular flexibility index (Phi) is 3.38. The fourth-order valence-corrected chi connectivity index (χ4v) is 2.92. The first-order valence-corrected chi connectivity index (χ1v) is 7.16. The summed E-state index contributed by atoms with van der Waals surface area (Å²) in [5.41, 5.74) is 4.13. The SMILES string of the molecule is C=C(C#N)Nc1cncc(-c2nc3cc(C)ccc3s2)c1. The molecular weight excluding hydrogens is 280 g/mol. The molecule has 2 aromatic heterocycles. The standard InChI is InChI=1S/C16H12N4S/c1-10-3-4-15-14(5-10)20-16(21-15)12-6-13(9-18-8-12)19-11(2)7-17/h3-6,8-9,19H,2H2,1H3. The summed E-state index contributed by atoms with van der Waals surface area (Å²) >= 11 is 1.63. The maximum Gasteiger partial charge on any atom is 0.126 e. The van der Waals surface area contributed by atoms with Crippen molar-refractivity contribution in [3.8, 4) is 16.6 Å². The fraction of sp³-hybridized carbons (Fsp3) is 0.0625. The zero-order chi connectivity index (χ0) is 14.8. The van der Waals surface area contributed by atoms with Crippen LogP contribution in [-0.2, 0) is 0 Å². The van der Waals surface area contributed by atoms with Crippen molar-refractivity contribution in [1.82, 2.24) is 9.97 Å². The topological polar surface area (TPSA) is 61.6 Å². The third-order valence-electron chi connectivity index (χ3n) is 2.96. The highest BCUT2D eigenvalue weighted by atomic mass is 32.1. The first-order valence-electron chi connectivity index (χ1n) is 6.34. The number of aryl methyl sites for hydroxylation is 1. The highest BCUT2D eigenvalue weighted by Crippen LogP contribution is 2.31. The summed E-state index contributed by atoms with van der Waals surface area (Å²) in [5.74, 6) is 0. The highest BCUT2D eigenvalue weighted by Gasteiger charge is 2.08. The van der Waals surface area contributed by atoms with Gasteiger partial charge in [0.25, 0.3) is 0 Å². The zero-order valence-electron chi connectivity index (χ0n) is 11.4. The molecule has 0 saturated heterocycles. The number of rotatable bonds is 3. The Labute approximate surface area is 126 Å². The number of nitrogens with zero attached hydrogens (tertiary/aromatic N) is 3. The van der Waals surface area contributed by atoms with Gasteiger partial charge in [0.15, 0.2) is 0 Å². The van der Waals surface area contributed by atoms with Crippen molar-refractivity contribution in [1.29, 1.82) is 5.26 Å². The van der Waals surface area contributed by atoms with Gasteiger partial charge in [-0.1, -0.05) is 12.6 Å². The van der Waals surface area contributed by atoms with E-state index in [9.17, 15) is 0 Å². The van der Waals surface area contributed by atoms with Crippen LogP contribution in [0.5, 0.6) is 0 Å². The summed E-state index contributed by atoms with van der Waals surface area (Å²) in [6, 6.07) is 10.1. The van der Waals surface area contributed by atoms with Crippen molar-refractivity contribution < 1.29 is 0 Å². The van der Waals surface area contributed by atoms with E-state index < -0.39 is 0 Å². The molecule has 0 fully saturated rings. The largest absolute Gasteiger partial charge is 0.346 e. The third kappa shape index (κ3) is 2.76. The predicted molar refractivity (Wildman–Crippen MR) is 86.0 cm³/mol. The molecule has 3 aromatic rings. The Bertz CT molecular complexity index is 873. The van der Waals surface area contributed by atoms with Crippen molar-refractivity contribution >= 4 is 27.2 Å². The summed E-state index contributed by atoms with van der Waals surface area (Å²) in [7, 11) is 0. The van der Waals surface area contributed by atoms with Crippen LogP contribution in [0.2, 0.25) is 0 Å². The van der Waals surface area contributed by atoms with Gasteiger partial charge in [0, 0.05) is 11.8 Å². The van der Waals surface area contributed by atoms with Gasteiger partial charge in [-0.2, -0.15) is 5.26 Å². The van der Waals surface area contributed by atoms with Crippen LogP contribution >= 0.6 is 11.3 Å². The Morgan fingerprint density at radius 2 is 2.19 bits per heavy atom. The van der Waals surface area contributed by atoms with Crippen LogP contribution in [0.15, 0.2) is 48.9 Å². The molecule has 0 aliphatic heterocycles. The molecule has 0 unspecified atom stereocenters. The van der Waals surface area contributed by atoms with Crippen LogP contribution in [0.1, 0.15) is 5.56 Å².